The molecule has 2 aromatic rings. The highest BCUT2D eigenvalue weighted by molar-refractivity contribution is 5.37. The fourth-order valence-corrected chi connectivity index (χ4v) is 2.02. The van der Waals surface area contributed by atoms with Crippen molar-refractivity contribution in [2.45, 2.75) is 39.7 Å². The van der Waals surface area contributed by atoms with E-state index in [1.807, 2.05) is 23.7 Å². The van der Waals surface area contributed by atoms with Crippen LogP contribution in [0.5, 0.6) is 0 Å². The van der Waals surface area contributed by atoms with Crippen molar-refractivity contribution in [2.75, 3.05) is 0 Å². The first-order valence-electron chi connectivity index (χ1n) is 6.46. The maximum atomic E-state index is 6.00. The van der Waals surface area contributed by atoms with Gasteiger partial charge in [-0.3, -0.25) is 0 Å². The first-order valence-corrected chi connectivity index (χ1v) is 6.46. The average molecular weight is 244 g/mol. The van der Waals surface area contributed by atoms with Gasteiger partial charge in [0.05, 0.1) is 5.69 Å². The van der Waals surface area contributed by atoms with Gasteiger partial charge in [0.1, 0.15) is 0 Å². The van der Waals surface area contributed by atoms with Crippen LogP contribution in [0.3, 0.4) is 0 Å². The Morgan fingerprint density at radius 2 is 2.11 bits per heavy atom. The average Bonchev–Trinajstić information content (AvgIpc) is 2.81. The van der Waals surface area contributed by atoms with Gasteiger partial charge >= 0.3 is 0 Å². The molecule has 0 aliphatic heterocycles. The van der Waals surface area contributed by atoms with Crippen LogP contribution in [0.15, 0.2) is 24.4 Å². The molecule has 0 saturated heterocycles. The summed E-state index contributed by atoms with van der Waals surface area (Å²) in [5.41, 5.74) is 9.29. The van der Waals surface area contributed by atoms with Gasteiger partial charge in [0, 0.05) is 23.5 Å². The van der Waals surface area contributed by atoms with Gasteiger partial charge in [0.25, 0.3) is 0 Å². The molecule has 2 heterocycles. The summed E-state index contributed by atoms with van der Waals surface area (Å²) in [5.74, 6) is 0.851. The highest BCUT2D eigenvalue weighted by atomic mass is 15.3. The second-order valence-corrected chi connectivity index (χ2v) is 4.45. The maximum Gasteiger partial charge on any atom is 0.158 e. The predicted octanol–water partition coefficient (Wildman–Crippen LogP) is 2.41. The highest BCUT2D eigenvalue weighted by Gasteiger charge is 2.14. The number of aryl methyl sites for hydroxylation is 2. The van der Waals surface area contributed by atoms with Crippen LogP contribution < -0.4 is 5.73 Å². The Morgan fingerprint density at radius 1 is 1.33 bits per heavy atom. The van der Waals surface area contributed by atoms with Gasteiger partial charge in [0.15, 0.2) is 5.82 Å². The van der Waals surface area contributed by atoms with Crippen LogP contribution in [0.25, 0.3) is 5.82 Å². The van der Waals surface area contributed by atoms with Crippen LogP contribution in [-0.2, 0) is 12.8 Å². The van der Waals surface area contributed by atoms with E-state index in [9.17, 15) is 0 Å². The lowest BCUT2D eigenvalue weighted by atomic mass is 10.1. The molecule has 1 atom stereocenters. The molecule has 0 saturated carbocycles. The molecule has 0 unspecified atom stereocenters. The van der Waals surface area contributed by atoms with Gasteiger partial charge in [-0.1, -0.05) is 19.9 Å². The third kappa shape index (κ3) is 2.29. The number of hydrogen-bond acceptors (Lipinski definition) is 3. The van der Waals surface area contributed by atoms with Gasteiger partial charge in [-0.05, 0) is 31.9 Å². The third-order valence-electron chi connectivity index (χ3n) is 3.07. The van der Waals surface area contributed by atoms with Crippen molar-refractivity contribution in [1.29, 1.82) is 0 Å². The SMILES string of the molecule is CCc1cc(CC)n(-c2ncccc2[C@@H](C)N)n1. The zero-order valence-corrected chi connectivity index (χ0v) is 11.2. The van der Waals surface area contributed by atoms with E-state index >= 15 is 0 Å². The van der Waals surface area contributed by atoms with E-state index in [0.29, 0.717) is 0 Å². The van der Waals surface area contributed by atoms with Crippen molar-refractivity contribution in [3.05, 3.63) is 41.3 Å². The fourth-order valence-electron chi connectivity index (χ4n) is 2.02. The molecule has 4 nitrogen and oxygen atoms in total. The van der Waals surface area contributed by atoms with E-state index in [0.717, 1.165) is 29.9 Å². The molecule has 0 bridgehead atoms. The zero-order chi connectivity index (χ0) is 13.1. The molecule has 2 N–H and O–H groups in total. The Labute approximate surface area is 108 Å². The summed E-state index contributed by atoms with van der Waals surface area (Å²) in [4.78, 5) is 4.45. The van der Waals surface area contributed by atoms with Gasteiger partial charge < -0.3 is 5.73 Å². The zero-order valence-electron chi connectivity index (χ0n) is 11.2. The molecule has 2 rings (SSSR count). The van der Waals surface area contributed by atoms with Gasteiger partial charge in [0.2, 0.25) is 0 Å². The summed E-state index contributed by atoms with van der Waals surface area (Å²) in [6.07, 6.45) is 3.65. The number of pyridine rings is 1. The lowest BCUT2D eigenvalue weighted by Crippen LogP contribution is -2.13. The molecule has 0 aliphatic rings. The van der Waals surface area contributed by atoms with Crippen LogP contribution in [0, 0.1) is 0 Å². The van der Waals surface area contributed by atoms with Crippen molar-refractivity contribution >= 4 is 0 Å². The van der Waals surface area contributed by atoms with E-state index in [2.05, 4.69) is 30.0 Å². The topological polar surface area (TPSA) is 56.7 Å². The summed E-state index contributed by atoms with van der Waals surface area (Å²) in [5, 5.41) is 4.61. The number of rotatable bonds is 4. The molecule has 0 spiro atoms. The smallest absolute Gasteiger partial charge is 0.158 e. The number of aromatic nitrogens is 3. The van der Waals surface area contributed by atoms with Crippen LogP contribution in [-0.4, -0.2) is 14.8 Å². The summed E-state index contributed by atoms with van der Waals surface area (Å²) >= 11 is 0. The molecule has 4 heteroatoms. The van der Waals surface area contributed by atoms with E-state index < -0.39 is 0 Å². The predicted molar refractivity (Wildman–Crippen MR) is 72.7 cm³/mol. The molecule has 18 heavy (non-hydrogen) atoms. The van der Waals surface area contributed by atoms with E-state index in [1.165, 1.54) is 5.69 Å². The minimum absolute atomic E-state index is 0.0484. The minimum atomic E-state index is -0.0484. The first-order chi connectivity index (χ1) is 8.67. The van der Waals surface area contributed by atoms with E-state index in [-0.39, 0.29) is 6.04 Å². The summed E-state index contributed by atoms with van der Waals surface area (Å²) in [7, 11) is 0. The molecule has 0 aliphatic carbocycles. The molecule has 0 aromatic carbocycles. The van der Waals surface area contributed by atoms with E-state index in [4.69, 9.17) is 5.73 Å². The largest absolute Gasteiger partial charge is 0.324 e. The lowest BCUT2D eigenvalue weighted by molar-refractivity contribution is 0.729. The Hall–Kier alpha value is -1.68. The lowest BCUT2D eigenvalue weighted by Gasteiger charge is -2.13. The van der Waals surface area contributed by atoms with Gasteiger partial charge in [-0.2, -0.15) is 5.10 Å². The molecule has 0 radical (unpaired) electrons. The second kappa shape index (κ2) is 5.31. The molecule has 0 fully saturated rings. The summed E-state index contributed by atoms with van der Waals surface area (Å²) in [6.45, 7) is 6.20. The number of nitrogens with two attached hydrogens (primary N) is 1. The Kier molecular flexibility index (Phi) is 3.77. The second-order valence-electron chi connectivity index (χ2n) is 4.45. The van der Waals surface area contributed by atoms with Crippen molar-refractivity contribution in [1.82, 2.24) is 14.8 Å². The number of hydrogen-bond donors (Lipinski definition) is 1. The van der Waals surface area contributed by atoms with Crippen molar-refractivity contribution in [3.8, 4) is 5.82 Å². The van der Waals surface area contributed by atoms with E-state index in [1.54, 1.807) is 6.20 Å². The summed E-state index contributed by atoms with van der Waals surface area (Å²) in [6, 6.07) is 6.02. The maximum absolute atomic E-state index is 6.00. The normalized spacial score (nSPS) is 12.7. The van der Waals surface area contributed by atoms with Crippen LogP contribution in [0.1, 0.15) is 43.8 Å². The van der Waals surface area contributed by atoms with Gasteiger partial charge in [-0.25, -0.2) is 9.67 Å². The van der Waals surface area contributed by atoms with Gasteiger partial charge in [-0.15, -0.1) is 0 Å². The van der Waals surface area contributed by atoms with Crippen LogP contribution >= 0.6 is 0 Å². The van der Waals surface area contributed by atoms with Crippen molar-refractivity contribution < 1.29 is 0 Å². The molecule has 96 valence electrons. The first kappa shape index (κ1) is 12.8. The Bertz CT molecular complexity index is 528. The van der Waals surface area contributed by atoms with Crippen molar-refractivity contribution in [2.24, 2.45) is 5.73 Å². The Balaban J connectivity index is 2.57. The molecular weight excluding hydrogens is 224 g/mol. The minimum Gasteiger partial charge on any atom is -0.324 e. The number of nitrogens with zero attached hydrogens (tertiary/aromatic N) is 3. The molecule has 0 amide bonds. The molecule has 2 aromatic heterocycles. The summed E-state index contributed by atoms with van der Waals surface area (Å²) < 4.78 is 1.93. The van der Waals surface area contributed by atoms with Crippen LogP contribution in [0.2, 0.25) is 0 Å². The highest BCUT2D eigenvalue weighted by Crippen LogP contribution is 2.19. The fraction of sp³-hybridized carbons (Fsp3) is 0.429. The monoisotopic (exact) mass is 244 g/mol. The quantitative estimate of drug-likeness (QED) is 0.898. The third-order valence-corrected chi connectivity index (χ3v) is 3.07. The Morgan fingerprint density at radius 3 is 2.72 bits per heavy atom. The molecular formula is C14H20N4. The standard InChI is InChI=1S/C14H20N4/c1-4-11-9-12(5-2)18(17-11)14-13(10(3)15)7-6-8-16-14/h6-10H,4-5,15H2,1-3H3/t10-/m1/s1. The van der Waals surface area contributed by atoms with Crippen molar-refractivity contribution in [3.63, 3.8) is 0 Å². The van der Waals surface area contributed by atoms with Crippen LogP contribution in [0.4, 0.5) is 0 Å².